The quantitative estimate of drug-likeness (QED) is 0.571. The van der Waals surface area contributed by atoms with Crippen LogP contribution in [0.3, 0.4) is 0 Å². The van der Waals surface area contributed by atoms with Crippen molar-refractivity contribution in [3.05, 3.63) is 59.7 Å². The minimum Gasteiger partial charge on any atom is -0.494 e. The van der Waals surface area contributed by atoms with E-state index in [0.717, 1.165) is 11.3 Å². The van der Waals surface area contributed by atoms with Crippen LogP contribution < -0.4 is 20.5 Å². The number of nitrogens with one attached hydrogen (secondary N) is 2. The molecule has 0 fully saturated rings. The number of rotatable bonds is 8. The normalized spacial score (nSPS) is 11.7. The Labute approximate surface area is 172 Å². The Balaban J connectivity index is 1.63. The van der Waals surface area contributed by atoms with Crippen LogP contribution in [0.2, 0.25) is 0 Å². The predicted molar refractivity (Wildman–Crippen MR) is 113 cm³/mol. The van der Waals surface area contributed by atoms with E-state index in [4.69, 9.17) is 9.88 Å². The summed E-state index contributed by atoms with van der Waals surface area (Å²) in [6, 6.07) is 13.8. The van der Waals surface area contributed by atoms with Gasteiger partial charge in [0.15, 0.2) is 0 Å². The first-order valence-electron chi connectivity index (χ1n) is 9.42. The molecule has 0 aliphatic rings. The molecule has 29 heavy (non-hydrogen) atoms. The molecule has 0 aliphatic heterocycles. The summed E-state index contributed by atoms with van der Waals surface area (Å²) in [5, 5.41) is 10.5. The highest BCUT2D eigenvalue weighted by atomic mass is 32.2. The molecule has 0 saturated carbocycles. The first kappa shape index (κ1) is 22.7. The number of amides is 2. The van der Waals surface area contributed by atoms with Crippen LogP contribution in [-0.2, 0) is 22.0 Å². The number of ether oxygens (including phenoxy) is 1. The molecule has 158 valence electrons. The number of hydrogen-bond acceptors (Lipinski definition) is 4. The molecule has 0 aromatic heterocycles. The number of urea groups is 1. The summed E-state index contributed by atoms with van der Waals surface area (Å²) in [7, 11) is -3.71. The maximum absolute atomic E-state index is 11.8. The van der Waals surface area contributed by atoms with Crippen LogP contribution in [-0.4, -0.2) is 27.6 Å². The van der Waals surface area contributed by atoms with Gasteiger partial charge in [0.2, 0.25) is 10.0 Å². The van der Waals surface area contributed by atoms with Gasteiger partial charge in [-0.3, -0.25) is 0 Å². The fourth-order valence-electron chi connectivity index (χ4n) is 2.56. The van der Waals surface area contributed by atoms with E-state index in [2.05, 4.69) is 43.5 Å². The molecule has 0 bridgehead atoms. The second-order valence-electron chi connectivity index (χ2n) is 7.77. The lowest BCUT2D eigenvalue weighted by molar-refractivity contribution is 0.238. The summed E-state index contributed by atoms with van der Waals surface area (Å²) in [6.45, 7) is 7.77. The van der Waals surface area contributed by atoms with Crippen molar-refractivity contribution in [3.63, 3.8) is 0 Å². The molecule has 0 aliphatic carbocycles. The molecule has 7 nitrogen and oxygen atoms in total. The Bertz CT molecular complexity index is 902. The van der Waals surface area contributed by atoms with Crippen molar-refractivity contribution in [1.29, 1.82) is 0 Å². The van der Waals surface area contributed by atoms with Crippen LogP contribution in [0.4, 0.5) is 4.79 Å². The second kappa shape index (κ2) is 9.76. The lowest BCUT2D eigenvalue weighted by Gasteiger charge is -2.19. The van der Waals surface area contributed by atoms with E-state index in [9.17, 15) is 13.2 Å². The summed E-state index contributed by atoms with van der Waals surface area (Å²) in [5.74, 6) is 0.811. The van der Waals surface area contributed by atoms with Crippen molar-refractivity contribution < 1.29 is 17.9 Å². The Morgan fingerprint density at radius 3 is 2.17 bits per heavy atom. The number of benzene rings is 2. The van der Waals surface area contributed by atoms with Crippen molar-refractivity contribution in [1.82, 2.24) is 10.6 Å². The highest BCUT2D eigenvalue weighted by Gasteiger charge is 2.13. The second-order valence-corrected chi connectivity index (χ2v) is 9.34. The van der Waals surface area contributed by atoms with Gasteiger partial charge in [-0.15, -0.1) is 0 Å². The third-order valence-corrected chi connectivity index (χ3v) is 5.23. The summed E-state index contributed by atoms with van der Waals surface area (Å²) >= 11 is 0. The van der Waals surface area contributed by atoms with E-state index in [1.165, 1.54) is 17.7 Å². The van der Waals surface area contributed by atoms with Crippen LogP contribution >= 0.6 is 0 Å². The maximum Gasteiger partial charge on any atom is 0.315 e. The lowest BCUT2D eigenvalue weighted by atomic mass is 9.87. The van der Waals surface area contributed by atoms with Crippen molar-refractivity contribution in [2.75, 3.05) is 13.2 Å². The van der Waals surface area contributed by atoms with E-state index in [-0.39, 0.29) is 22.9 Å². The molecule has 2 amide bonds. The summed E-state index contributed by atoms with van der Waals surface area (Å²) in [6.07, 6.45) is 0.678. The monoisotopic (exact) mass is 419 g/mol. The first-order chi connectivity index (χ1) is 13.6. The Morgan fingerprint density at radius 2 is 1.62 bits per heavy atom. The third kappa shape index (κ3) is 7.75. The number of hydrogen-bond donors (Lipinski definition) is 3. The van der Waals surface area contributed by atoms with E-state index >= 15 is 0 Å². The van der Waals surface area contributed by atoms with Crippen molar-refractivity contribution in [2.24, 2.45) is 5.14 Å². The topological polar surface area (TPSA) is 111 Å². The molecule has 2 aromatic rings. The van der Waals surface area contributed by atoms with Crippen LogP contribution in [0.1, 0.15) is 38.3 Å². The molecule has 2 aromatic carbocycles. The minimum atomic E-state index is -3.71. The Morgan fingerprint density at radius 1 is 1.00 bits per heavy atom. The van der Waals surface area contributed by atoms with Gasteiger partial charge in [0.1, 0.15) is 5.75 Å². The molecule has 2 rings (SSSR count). The van der Waals surface area contributed by atoms with E-state index < -0.39 is 10.0 Å². The van der Waals surface area contributed by atoms with Gasteiger partial charge in [0.05, 0.1) is 11.5 Å². The summed E-state index contributed by atoms with van der Waals surface area (Å²) in [4.78, 5) is 11.9. The highest BCUT2D eigenvalue weighted by molar-refractivity contribution is 7.89. The molecule has 4 N–H and O–H groups in total. The zero-order valence-electron chi connectivity index (χ0n) is 17.1. The maximum atomic E-state index is 11.8. The van der Waals surface area contributed by atoms with Crippen LogP contribution in [0.15, 0.2) is 53.4 Å². The van der Waals surface area contributed by atoms with Crippen LogP contribution in [0.5, 0.6) is 5.75 Å². The fraction of sp³-hybridized carbons (Fsp3) is 0.381. The summed E-state index contributed by atoms with van der Waals surface area (Å²) < 4.78 is 28.1. The number of primary sulfonamides is 1. The van der Waals surface area contributed by atoms with E-state index in [0.29, 0.717) is 19.6 Å². The Hall–Kier alpha value is -2.58. The van der Waals surface area contributed by atoms with Gasteiger partial charge in [0, 0.05) is 13.1 Å². The smallest absolute Gasteiger partial charge is 0.315 e. The fourth-order valence-corrected chi connectivity index (χ4v) is 3.07. The molecule has 0 heterocycles. The molecular formula is C21H29N3O4S. The lowest BCUT2D eigenvalue weighted by Crippen LogP contribution is -2.36. The van der Waals surface area contributed by atoms with Gasteiger partial charge >= 0.3 is 6.03 Å². The van der Waals surface area contributed by atoms with Gasteiger partial charge in [-0.2, -0.15) is 0 Å². The average Bonchev–Trinajstić information content (AvgIpc) is 2.65. The van der Waals surface area contributed by atoms with Gasteiger partial charge in [-0.25, -0.2) is 18.4 Å². The minimum absolute atomic E-state index is 0.0405. The molecule has 0 radical (unpaired) electrons. The number of carbonyl (C=O) groups excluding carboxylic acids is 1. The third-order valence-electron chi connectivity index (χ3n) is 4.30. The van der Waals surface area contributed by atoms with Gasteiger partial charge < -0.3 is 15.4 Å². The molecular weight excluding hydrogens is 390 g/mol. The number of carbonyl (C=O) groups is 1. The van der Waals surface area contributed by atoms with Gasteiger partial charge in [0.25, 0.3) is 0 Å². The van der Waals surface area contributed by atoms with Crippen molar-refractivity contribution in [2.45, 2.75) is 44.0 Å². The van der Waals surface area contributed by atoms with E-state index in [1.54, 1.807) is 12.1 Å². The van der Waals surface area contributed by atoms with Crippen molar-refractivity contribution in [3.8, 4) is 5.75 Å². The van der Waals surface area contributed by atoms with Gasteiger partial charge in [-0.1, -0.05) is 45.0 Å². The van der Waals surface area contributed by atoms with Crippen LogP contribution in [0, 0.1) is 0 Å². The van der Waals surface area contributed by atoms with E-state index in [1.807, 2.05) is 12.1 Å². The SMILES string of the molecule is CC(C)(C)c1ccc(OCCCNC(=O)NCc2ccc(S(N)(=O)=O)cc2)cc1. The van der Waals surface area contributed by atoms with Crippen LogP contribution in [0.25, 0.3) is 0 Å². The standard InChI is InChI=1S/C21H29N3O4S/c1-21(2,3)17-7-9-18(10-8-17)28-14-4-13-23-20(25)24-15-16-5-11-19(12-6-16)29(22,26)27/h5-12H,4,13-15H2,1-3H3,(H2,22,26,27)(H2,23,24,25). The average molecular weight is 420 g/mol. The molecule has 0 spiro atoms. The highest BCUT2D eigenvalue weighted by Crippen LogP contribution is 2.24. The molecule has 0 saturated heterocycles. The Kier molecular flexibility index (Phi) is 7.64. The largest absolute Gasteiger partial charge is 0.494 e. The number of nitrogens with two attached hydrogens (primary N) is 1. The zero-order valence-corrected chi connectivity index (χ0v) is 17.9. The number of sulfonamides is 1. The van der Waals surface area contributed by atoms with Crippen molar-refractivity contribution >= 4 is 16.1 Å². The summed E-state index contributed by atoms with van der Waals surface area (Å²) in [5.41, 5.74) is 2.14. The predicted octanol–water partition coefficient (Wildman–Crippen LogP) is 2.90. The molecule has 8 heteroatoms. The molecule has 0 atom stereocenters. The zero-order chi connectivity index (χ0) is 21.5. The molecule has 0 unspecified atom stereocenters. The van der Waals surface area contributed by atoms with Gasteiger partial charge in [-0.05, 0) is 47.2 Å². The first-order valence-corrected chi connectivity index (χ1v) is 11.0.